The Labute approximate surface area is 143 Å². The second-order valence-electron chi connectivity index (χ2n) is 5.26. The van der Waals surface area contributed by atoms with Crippen molar-refractivity contribution in [2.45, 2.75) is 22.6 Å². The monoisotopic (exact) mass is 383 g/mol. The first-order chi connectivity index (χ1) is 10.3. The van der Waals surface area contributed by atoms with Crippen LogP contribution in [0.3, 0.4) is 0 Å². The maximum absolute atomic E-state index is 12.5. The lowest BCUT2D eigenvalue weighted by atomic mass is 9.99. The molecular weight excluding hydrogens is 362 g/mol. The lowest BCUT2D eigenvalue weighted by molar-refractivity contribution is 0.278. The van der Waals surface area contributed by atoms with Gasteiger partial charge in [-0.15, -0.1) is 12.4 Å². The molecule has 0 radical (unpaired) electrons. The molecule has 1 heterocycles. The quantitative estimate of drug-likeness (QED) is 0.763. The standard InChI is InChI=1S/C13H21N3O4S2.ClH/c1-15-21(17,18)12-2-4-13(5-3-12)22(19,20)16-8-6-11(10-14)7-9-16;/h2-5,11,15H,6-10,14H2,1H3;1H. The second-order valence-corrected chi connectivity index (χ2v) is 9.09. The number of nitrogens with two attached hydrogens (primary N) is 1. The van der Waals surface area contributed by atoms with Gasteiger partial charge in [-0.3, -0.25) is 0 Å². The van der Waals surface area contributed by atoms with Crippen molar-refractivity contribution < 1.29 is 16.8 Å². The molecule has 2 rings (SSSR count). The third kappa shape index (κ3) is 4.43. The molecule has 10 heteroatoms. The van der Waals surface area contributed by atoms with Gasteiger partial charge in [0.25, 0.3) is 0 Å². The van der Waals surface area contributed by atoms with Crippen LogP contribution in [0, 0.1) is 5.92 Å². The van der Waals surface area contributed by atoms with Crippen molar-refractivity contribution in [2.24, 2.45) is 11.7 Å². The van der Waals surface area contributed by atoms with E-state index in [1.54, 1.807) is 0 Å². The van der Waals surface area contributed by atoms with Crippen molar-refractivity contribution in [3.8, 4) is 0 Å². The predicted molar refractivity (Wildman–Crippen MR) is 90.5 cm³/mol. The topological polar surface area (TPSA) is 110 Å². The summed E-state index contributed by atoms with van der Waals surface area (Å²) in [6.45, 7) is 1.46. The van der Waals surface area contributed by atoms with Crippen molar-refractivity contribution in [2.75, 3.05) is 26.7 Å². The van der Waals surface area contributed by atoms with Crippen LogP contribution in [0.25, 0.3) is 0 Å². The number of nitrogens with one attached hydrogen (secondary N) is 1. The number of benzene rings is 1. The zero-order valence-electron chi connectivity index (χ0n) is 12.8. The highest BCUT2D eigenvalue weighted by Gasteiger charge is 2.29. The van der Waals surface area contributed by atoms with E-state index in [0.29, 0.717) is 25.6 Å². The number of piperidine rings is 1. The molecule has 0 aromatic heterocycles. The van der Waals surface area contributed by atoms with Gasteiger partial charge in [-0.2, -0.15) is 4.31 Å². The SMILES string of the molecule is CNS(=O)(=O)c1ccc(S(=O)(=O)N2CCC(CN)CC2)cc1.Cl. The smallest absolute Gasteiger partial charge is 0.243 e. The summed E-state index contributed by atoms with van der Waals surface area (Å²) in [6.07, 6.45) is 1.50. The van der Waals surface area contributed by atoms with Crippen LogP contribution in [0.1, 0.15) is 12.8 Å². The van der Waals surface area contributed by atoms with Crippen LogP contribution in [0.15, 0.2) is 34.1 Å². The molecule has 0 spiro atoms. The van der Waals surface area contributed by atoms with Crippen molar-refractivity contribution in [1.29, 1.82) is 0 Å². The highest BCUT2D eigenvalue weighted by Crippen LogP contribution is 2.24. The average molecular weight is 384 g/mol. The van der Waals surface area contributed by atoms with Crippen molar-refractivity contribution in [3.05, 3.63) is 24.3 Å². The first-order valence-corrected chi connectivity index (χ1v) is 9.97. The van der Waals surface area contributed by atoms with Gasteiger partial charge in [0.2, 0.25) is 20.0 Å². The molecule has 132 valence electrons. The fourth-order valence-corrected chi connectivity index (χ4v) is 4.64. The van der Waals surface area contributed by atoms with E-state index in [1.807, 2.05) is 0 Å². The highest BCUT2D eigenvalue weighted by molar-refractivity contribution is 7.89. The summed E-state index contributed by atoms with van der Waals surface area (Å²) in [5.41, 5.74) is 5.61. The first-order valence-electron chi connectivity index (χ1n) is 7.05. The van der Waals surface area contributed by atoms with Gasteiger partial charge in [0.05, 0.1) is 9.79 Å². The van der Waals surface area contributed by atoms with E-state index in [0.717, 1.165) is 12.8 Å². The third-order valence-corrected chi connectivity index (χ3v) is 7.29. The summed E-state index contributed by atoms with van der Waals surface area (Å²) < 4.78 is 52.0. The lowest BCUT2D eigenvalue weighted by Crippen LogP contribution is -2.40. The normalized spacial score (nSPS) is 17.7. The Morgan fingerprint density at radius 3 is 2.00 bits per heavy atom. The van der Waals surface area contributed by atoms with E-state index >= 15 is 0 Å². The molecule has 1 aliphatic heterocycles. The number of hydrogen-bond donors (Lipinski definition) is 2. The molecule has 3 N–H and O–H groups in total. The molecule has 0 saturated carbocycles. The molecular formula is C13H22ClN3O4S2. The van der Waals surface area contributed by atoms with Gasteiger partial charge in [-0.1, -0.05) is 0 Å². The van der Waals surface area contributed by atoms with Crippen LogP contribution in [0.4, 0.5) is 0 Å². The molecule has 23 heavy (non-hydrogen) atoms. The number of sulfonamides is 2. The molecule has 1 fully saturated rings. The Kier molecular flexibility index (Phi) is 6.99. The summed E-state index contributed by atoms with van der Waals surface area (Å²) in [4.78, 5) is 0.143. The Hall–Kier alpha value is -0.710. The summed E-state index contributed by atoms with van der Waals surface area (Å²) in [6, 6.07) is 5.25. The van der Waals surface area contributed by atoms with Crippen LogP contribution in [0.5, 0.6) is 0 Å². The largest absolute Gasteiger partial charge is 0.330 e. The average Bonchev–Trinajstić information content (AvgIpc) is 2.55. The minimum Gasteiger partial charge on any atom is -0.330 e. The fraction of sp³-hybridized carbons (Fsp3) is 0.538. The molecule has 1 aliphatic rings. The van der Waals surface area contributed by atoms with Gasteiger partial charge in [0, 0.05) is 13.1 Å². The molecule has 1 saturated heterocycles. The third-order valence-electron chi connectivity index (χ3n) is 3.95. The van der Waals surface area contributed by atoms with Crippen molar-refractivity contribution >= 4 is 32.5 Å². The molecule has 1 aromatic carbocycles. The van der Waals surface area contributed by atoms with Gasteiger partial charge >= 0.3 is 0 Å². The zero-order chi connectivity index (χ0) is 16.4. The lowest BCUT2D eigenvalue weighted by Gasteiger charge is -2.30. The van der Waals surface area contributed by atoms with E-state index in [4.69, 9.17) is 5.73 Å². The summed E-state index contributed by atoms with van der Waals surface area (Å²) >= 11 is 0. The summed E-state index contributed by atoms with van der Waals surface area (Å²) in [7, 11) is -5.85. The Morgan fingerprint density at radius 2 is 1.57 bits per heavy atom. The second kappa shape index (κ2) is 7.91. The highest BCUT2D eigenvalue weighted by atomic mass is 35.5. The maximum atomic E-state index is 12.5. The van der Waals surface area contributed by atoms with Crippen LogP contribution in [0.2, 0.25) is 0 Å². The minimum atomic E-state index is -3.59. The van der Waals surface area contributed by atoms with Crippen molar-refractivity contribution in [3.63, 3.8) is 0 Å². The minimum absolute atomic E-state index is 0. The van der Waals surface area contributed by atoms with Crippen LogP contribution >= 0.6 is 12.4 Å². The van der Waals surface area contributed by atoms with Crippen LogP contribution in [-0.2, 0) is 20.0 Å². The Morgan fingerprint density at radius 1 is 1.09 bits per heavy atom. The maximum Gasteiger partial charge on any atom is 0.243 e. The number of nitrogens with zero attached hydrogens (tertiary/aromatic N) is 1. The molecule has 0 amide bonds. The van der Waals surface area contributed by atoms with Crippen LogP contribution < -0.4 is 10.5 Å². The molecule has 0 atom stereocenters. The number of rotatable bonds is 5. The summed E-state index contributed by atoms with van der Waals surface area (Å²) in [5.74, 6) is 0.370. The Balaban J connectivity index is 0.00000264. The molecule has 0 bridgehead atoms. The van der Waals surface area contributed by atoms with Gasteiger partial charge in [0.1, 0.15) is 0 Å². The Bertz CT molecular complexity index is 712. The molecule has 1 aromatic rings. The van der Waals surface area contributed by atoms with Gasteiger partial charge in [-0.05, 0) is 56.6 Å². The van der Waals surface area contributed by atoms with Gasteiger partial charge in [-0.25, -0.2) is 21.6 Å². The number of hydrogen-bond acceptors (Lipinski definition) is 5. The van der Waals surface area contributed by atoms with E-state index in [-0.39, 0.29) is 22.2 Å². The van der Waals surface area contributed by atoms with E-state index < -0.39 is 20.0 Å². The summed E-state index contributed by atoms with van der Waals surface area (Å²) in [5, 5.41) is 0. The first kappa shape index (κ1) is 20.3. The van der Waals surface area contributed by atoms with E-state index in [9.17, 15) is 16.8 Å². The van der Waals surface area contributed by atoms with Gasteiger partial charge in [0.15, 0.2) is 0 Å². The zero-order valence-corrected chi connectivity index (χ0v) is 15.3. The molecule has 7 nitrogen and oxygen atoms in total. The van der Waals surface area contributed by atoms with E-state index in [2.05, 4.69) is 4.72 Å². The van der Waals surface area contributed by atoms with Crippen LogP contribution in [-0.4, -0.2) is 47.8 Å². The van der Waals surface area contributed by atoms with E-state index in [1.165, 1.54) is 35.6 Å². The fourth-order valence-electron chi connectivity index (χ4n) is 2.44. The molecule has 0 aliphatic carbocycles. The predicted octanol–water partition coefficient (Wildman–Crippen LogP) is 0.376. The van der Waals surface area contributed by atoms with Crippen molar-refractivity contribution in [1.82, 2.24) is 9.03 Å². The molecule has 0 unspecified atom stereocenters. The number of halogens is 1. The van der Waals surface area contributed by atoms with Gasteiger partial charge < -0.3 is 5.73 Å².